The predicted molar refractivity (Wildman–Crippen MR) is 132 cm³/mol. The Balaban J connectivity index is 1.37. The lowest BCUT2D eigenvalue weighted by molar-refractivity contribution is 0.0712. The van der Waals surface area contributed by atoms with Crippen LogP contribution in [0.5, 0.6) is 0 Å². The first kappa shape index (κ1) is 22.1. The number of piperidine rings is 1. The number of aryl methyl sites for hydroxylation is 1. The largest absolute Gasteiger partial charge is 0.356 e. The molecule has 0 radical (unpaired) electrons. The number of nitriles is 1. The number of carbonyl (C=O) groups excluding carboxylic acids is 1. The predicted octanol–water partition coefficient (Wildman–Crippen LogP) is 4.98. The number of H-pyrrole nitrogens is 1. The first-order valence-electron chi connectivity index (χ1n) is 12.1. The monoisotopic (exact) mass is 454 g/mol. The molecular formula is C27H30N6O. The summed E-state index contributed by atoms with van der Waals surface area (Å²) in [5, 5.41) is 19.3. The van der Waals surface area contributed by atoms with Crippen LogP contribution in [0.15, 0.2) is 36.4 Å². The Bertz CT molecular complexity index is 1230. The Kier molecular flexibility index (Phi) is 6.06. The molecular weight excluding hydrogens is 424 g/mol. The van der Waals surface area contributed by atoms with Crippen LogP contribution in [-0.2, 0) is 0 Å². The van der Waals surface area contributed by atoms with Crippen molar-refractivity contribution in [1.29, 1.82) is 5.26 Å². The molecule has 1 saturated carbocycles. The second-order valence-electron chi connectivity index (χ2n) is 9.44. The molecule has 1 aliphatic carbocycles. The van der Waals surface area contributed by atoms with Crippen molar-refractivity contribution in [3.05, 3.63) is 64.2 Å². The van der Waals surface area contributed by atoms with Gasteiger partial charge >= 0.3 is 0 Å². The van der Waals surface area contributed by atoms with Crippen LogP contribution in [0.4, 0.5) is 5.95 Å². The standard InChI is InChI=1S/C27H30N6O/c1-17-14-23(21-4-3-5-21)24(25-30-27(29-2)32-31-25)15-22(17)26(34)33-12-10-20(11-13-33)19-8-6-18(16-28)7-9-19/h6-9,14-15,20-21H,3-5,10-13H2,1-2H3,(H2,29,30,31,32). The van der Waals surface area contributed by atoms with E-state index in [2.05, 4.69) is 32.6 Å². The molecule has 1 amide bonds. The van der Waals surface area contributed by atoms with Gasteiger partial charge in [0.25, 0.3) is 5.91 Å². The molecule has 1 aliphatic heterocycles. The molecule has 3 aromatic rings. The molecule has 2 aliphatic rings. The summed E-state index contributed by atoms with van der Waals surface area (Å²) in [6.45, 7) is 3.51. The van der Waals surface area contributed by atoms with Gasteiger partial charge in [0, 0.05) is 31.3 Å². The van der Waals surface area contributed by atoms with Gasteiger partial charge in [0.05, 0.1) is 11.6 Å². The van der Waals surface area contributed by atoms with Crippen molar-refractivity contribution in [3.8, 4) is 17.5 Å². The van der Waals surface area contributed by atoms with E-state index in [4.69, 9.17) is 5.26 Å². The molecule has 2 fully saturated rings. The molecule has 0 bridgehead atoms. The zero-order valence-corrected chi connectivity index (χ0v) is 19.8. The fourth-order valence-corrected chi connectivity index (χ4v) is 5.13. The summed E-state index contributed by atoms with van der Waals surface area (Å²) in [5.41, 5.74) is 5.95. The molecule has 0 unspecified atom stereocenters. The summed E-state index contributed by atoms with van der Waals surface area (Å²) in [4.78, 5) is 20.1. The summed E-state index contributed by atoms with van der Waals surface area (Å²) >= 11 is 0. The third kappa shape index (κ3) is 4.16. The second-order valence-corrected chi connectivity index (χ2v) is 9.44. The minimum absolute atomic E-state index is 0.0885. The zero-order chi connectivity index (χ0) is 23.7. The molecule has 2 N–H and O–H groups in total. The normalized spacial score (nSPS) is 16.7. The van der Waals surface area contributed by atoms with Gasteiger partial charge in [0.2, 0.25) is 5.95 Å². The van der Waals surface area contributed by atoms with E-state index in [0.29, 0.717) is 29.2 Å². The number of amides is 1. The van der Waals surface area contributed by atoms with Crippen LogP contribution in [0, 0.1) is 18.3 Å². The highest BCUT2D eigenvalue weighted by Crippen LogP contribution is 2.42. The van der Waals surface area contributed by atoms with E-state index in [1.54, 1.807) is 7.05 Å². The van der Waals surface area contributed by atoms with E-state index in [1.807, 2.05) is 42.2 Å². The molecule has 7 heteroatoms. The van der Waals surface area contributed by atoms with Crippen LogP contribution in [0.3, 0.4) is 0 Å². The van der Waals surface area contributed by atoms with E-state index in [-0.39, 0.29) is 5.91 Å². The molecule has 0 spiro atoms. The molecule has 5 rings (SSSR count). The number of aromatic nitrogens is 3. The number of hydrogen-bond acceptors (Lipinski definition) is 5. The Labute approximate surface area is 200 Å². The van der Waals surface area contributed by atoms with Gasteiger partial charge in [0.1, 0.15) is 0 Å². The maximum Gasteiger partial charge on any atom is 0.254 e. The summed E-state index contributed by atoms with van der Waals surface area (Å²) in [7, 11) is 1.80. The van der Waals surface area contributed by atoms with E-state index >= 15 is 0 Å². The van der Waals surface area contributed by atoms with Crippen LogP contribution >= 0.6 is 0 Å². The number of carbonyl (C=O) groups is 1. The van der Waals surface area contributed by atoms with Gasteiger partial charge in [-0.3, -0.25) is 9.89 Å². The maximum absolute atomic E-state index is 13.6. The Morgan fingerprint density at radius 2 is 1.85 bits per heavy atom. The summed E-state index contributed by atoms with van der Waals surface area (Å²) in [6.07, 6.45) is 5.45. The summed E-state index contributed by atoms with van der Waals surface area (Å²) < 4.78 is 0. The number of rotatable bonds is 5. The molecule has 174 valence electrons. The van der Waals surface area contributed by atoms with Crippen LogP contribution < -0.4 is 5.32 Å². The van der Waals surface area contributed by atoms with Gasteiger partial charge < -0.3 is 10.2 Å². The number of nitrogens with one attached hydrogen (secondary N) is 2. The highest BCUT2D eigenvalue weighted by molar-refractivity contribution is 5.97. The van der Waals surface area contributed by atoms with Crippen molar-refractivity contribution in [3.63, 3.8) is 0 Å². The first-order valence-corrected chi connectivity index (χ1v) is 12.1. The number of hydrogen-bond donors (Lipinski definition) is 2. The van der Waals surface area contributed by atoms with Crippen molar-refractivity contribution in [1.82, 2.24) is 20.1 Å². The van der Waals surface area contributed by atoms with E-state index in [9.17, 15) is 4.79 Å². The van der Waals surface area contributed by atoms with Gasteiger partial charge in [0.15, 0.2) is 5.82 Å². The number of likely N-dealkylation sites (tertiary alicyclic amines) is 1. The minimum atomic E-state index is 0.0885. The van der Waals surface area contributed by atoms with Crippen molar-refractivity contribution in [2.24, 2.45) is 0 Å². The Hall–Kier alpha value is -3.66. The number of aromatic amines is 1. The van der Waals surface area contributed by atoms with Crippen LogP contribution in [-0.4, -0.2) is 46.1 Å². The lowest BCUT2D eigenvalue weighted by Crippen LogP contribution is -2.38. The smallest absolute Gasteiger partial charge is 0.254 e. The fourth-order valence-electron chi connectivity index (χ4n) is 5.13. The maximum atomic E-state index is 13.6. The van der Waals surface area contributed by atoms with Crippen LogP contribution in [0.2, 0.25) is 0 Å². The third-order valence-electron chi connectivity index (χ3n) is 7.43. The van der Waals surface area contributed by atoms with Gasteiger partial charge in [-0.05, 0) is 79.3 Å². The SMILES string of the molecule is CNc1n[nH]c(-c2cc(C(=O)N3CCC(c4ccc(C#N)cc4)CC3)c(C)cc2C2CCC2)n1. The van der Waals surface area contributed by atoms with E-state index < -0.39 is 0 Å². The third-order valence-corrected chi connectivity index (χ3v) is 7.43. The topological polar surface area (TPSA) is 97.7 Å². The highest BCUT2D eigenvalue weighted by Gasteiger charge is 2.29. The minimum Gasteiger partial charge on any atom is -0.356 e. The van der Waals surface area contributed by atoms with Crippen LogP contribution in [0.25, 0.3) is 11.4 Å². The molecule has 1 aromatic heterocycles. The highest BCUT2D eigenvalue weighted by atomic mass is 16.2. The molecule has 2 aromatic carbocycles. The number of anilines is 1. The average molecular weight is 455 g/mol. The summed E-state index contributed by atoms with van der Waals surface area (Å²) in [5.74, 6) is 2.28. The molecule has 0 atom stereocenters. The Morgan fingerprint density at radius 1 is 1.12 bits per heavy atom. The average Bonchev–Trinajstić information content (AvgIpc) is 3.32. The first-order chi connectivity index (χ1) is 16.6. The van der Waals surface area contributed by atoms with E-state index in [0.717, 1.165) is 42.6 Å². The molecule has 7 nitrogen and oxygen atoms in total. The van der Waals surface area contributed by atoms with Gasteiger partial charge in [-0.1, -0.05) is 24.6 Å². The molecule has 2 heterocycles. The van der Waals surface area contributed by atoms with Crippen molar-refractivity contribution >= 4 is 11.9 Å². The van der Waals surface area contributed by atoms with Crippen molar-refractivity contribution in [2.75, 3.05) is 25.5 Å². The zero-order valence-electron chi connectivity index (χ0n) is 19.8. The quantitative estimate of drug-likeness (QED) is 0.567. The summed E-state index contributed by atoms with van der Waals surface area (Å²) in [6, 6.07) is 14.2. The van der Waals surface area contributed by atoms with Gasteiger partial charge in [-0.25, -0.2) is 0 Å². The fraction of sp³-hybridized carbons (Fsp3) is 0.407. The lowest BCUT2D eigenvalue weighted by atomic mass is 9.77. The van der Waals surface area contributed by atoms with Crippen molar-refractivity contribution in [2.45, 2.75) is 50.9 Å². The lowest BCUT2D eigenvalue weighted by Gasteiger charge is -2.33. The van der Waals surface area contributed by atoms with Gasteiger partial charge in [-0.15, -0.1) is 5.10 Å². The second kappa shape index (κ2) is 9.30. The van der Waals surface area contributed by atoms with Crippen molar-refractivity contribution < 1.29 is 4.79 Å². The van der Waals surface area contributed by atoms with Gasteiger partial charge in [-0.2, -0.15) is 10.2 Å². The number of benzene rings is 2. The molecule has 1 saturated heterocycles. The Morgan fingerprint density at radius 3 is 2.44 bits per heavy atom. The molecule has 34 heavy (non-hydrogen) atoms. The van der Waals surface area contributed by atoms with Crippen LogP contribution in [0.1, 0.15) is 76.6 Å². The van der Waals surface area contributed by atoms with E-state index in [1.165, 1.54) is 30.4 Å². The number of nitrogens with zero attached hydrogens (tertiary/aromatic N) is 4.